The van der Waals surface area contributed by atoms with Gasteiger partial charge in [0.1, 0.15) is 24.8 Å². The number of carbonyl (C=O) groups is 2. The topological polar surface area (TPSA) is 68.3 Å². The molecule has 1 amide bonds. The van der Waals surface area contributed by atoms with E-state index in [-0.39, 0.29) is 48.2 Å². The Morgan fingerprint density at radius 1 is 0.962 bits per heavy atom. The molecule has 7 nitrogen and oxygen atoms in total. The van der Waals surface area contributed by atoms with Crippen molar-refractivity contribution in [1.29, 1.82) is 0 Å². The standard InChI is InChI=1S/C37H36BrF7N2O5/c1-2-50-32(48)20-51-31-17-23-5-3-4-6-28(23)34(31)9-12-46(13-10-34)14-11-35(25-7-8-30(39)29(38)19-25)21-47(22-52-35)33(49)24-15-26(36(40,41)42)18-27(16-24)37(43,44)45/h3-8,15-16,18-19,31H,2,9-14,17,20-22H2,1H3/t31-,35-/m0/s1. The van der Waals surface area contributed by atoms with Gasteiger partial charge in [0.05, 0.1) is 34.9 Å². The van der Waals surface area contributed by atoms with Crippen molar-refractivity contribution in [1.82, 2.24) is 9.80 Å². The van der Waals surface area contributed by atoms with Crippen molar-refractivity contribution >= 4 is 27.8 Å². The molecule has 52 heavy (non-hydrogen) atoms. The first-order chi connectivity index (χ1) is 24.5. The van der Waals surface area contributed by atoms with E-state index in [0.29, 0.717) is 43.8 Å². The average molecular weight is 802 g/mol. The summed E-state index contributed by atoms with van der Waals surface area (Å²) in [6.07, 6.45) is -8.11. The third-order valence-electron chi connectivity index (χ3n) is 10.4. The SMILES string of the molecule is CCOC(=O)CO[C@H]1Cc2ccccc2C12CCN(CC[C@@]1(c3ccc(F)c(Br)c3)CN(C(=O)c3cc(C(F)(F)F)cc(C(F)(F)F)c3)CO1)CC2. The molecule has 3 aliphatic rings. The predicted molar refractivity (Wildman–Crippen MR) is 178 cm³/mol. The van der Waals surface area contributed by atoms with Crippen LogP contribution in [0.15, 0.2) is 65.1 Å². The number of hydrogen-bond donors (Lipinski definition) is 0. The molecule has 3 aromatic carbocycles. The van der Waals surface area contributed by atoms with Gasteiger partial charge in [0, 0.05) is 17.5 Å². The molecule has 0 saturated carbocycles. The molecule has 0 radical (unpaired) electrons. The highest BCUT2D eigenvalue weighted by molar-refractivity contribution is 9.10. The first-order valence-electron chi connectivity index (χ1n) is 16.8. The van der Waals surface area contributed by atoms with E-state index in [9.17, 15) is 40.3 Å². The molecule has 3 aromatic rings. The zero-order chi connectivity index (χ0) is 37.5. The van der Waals surface area contributed by atoms with Gasteiger partial charge in [-0.2, -0.15) is 26.3 Å². The molecule has 1 spiro atoms. The van der Waals surface area contributed by atoms with Gasteiger partial charge in [-0.05, 0) is 109 Å². The molecule has 2 aliphatic heterocycles. The molecule has 0 unspecified atom stereocenters. The third-order valence-corrected chi connectivity index (χ3v) is 11.0. The Labute approximate surface area is 304 Å². The molecule has 2 atom stereocenters. The van der Waals surface area contributed by atoms with Gasteiger partial charge in [0.25, 0.3) is 5.91 Å². The Bertz CT molecular complexity index is 1780. The number of carbonyl (C=O) groups excluding carboxylic acids is 2. The number of piperidine rings is 1. The smallest absolute Gasteiger partial charge is 0.416 e. The number of ether oxygens (including phenoxy) is 3. The fourth-order valence-electron chi connectivity index (χ4n) is 7.69. The lowest BCUT2D eigenvalue weighted by Crippen LogP contribution is -2.49. The fourth-order valence-corrected chi connectivity index (χ4v) is 8.07. The van der Waals surface area contributed by atoms with Gasteiger partial charge in [-0.25, -0.2) is 9.18 Å². The molecule has 2 heterocycles. The fraction of sp³-hybridized carbons (Fsp3) is 0.459. The number of nitrogens with zero attached hydrogens (tertiary/aromatic N) is 2. The van der Waals surface area contributed by atoms with Crippen LogP contribution in [-0.4, -0.2) is 73.9 Å². The van der Waals surface area contributed by atoms with Crippen molar-refractivity contribution in [2.24, 2.45) is 0 Å². The molecular formula is C37H36BrF7N2O5. The number of fused-ring (bicyclic) bond motifs is 2. The first kappa shape index (κ1) is 38.2. The Hall–Kier alpha value is -3.53. The van der Waals surface area contributed by atoms with Crippen LogP contribution in [0, 0.1) is 5.82 Å². The molecule has 0 aromatic heterocycles. The lowest BCUT2D eigenvalue weighted by Gasteiger charge is -2.44. The second-order valence-electron chi connectivity index (χ2n) is 13.4. The minimum atomic E-state index is -5.12. The minimum Gasteiger partial charge on any atom is -0.464 e. The average Bonchev–Trinajstić information content (AvgIpc) is 3.67. The summed E-state index contributed by atoms with van der Waals surface area (Å²) in [5.41, 5.74) is -2.71. The quantitative estimate of drug-likeness (QED) is 0.162. The van der Waals surface area contributed by atoms with Gasteiger partial charge in [0.2, 0.25) is 0 Å². The van der Waals surface area contributed by atoms with Crippen LogP contribution in [-0.2, 0) is 48.8 Å². The summed E-state index contributed by atoms with van der Waals surface area (Å²) < 4.78 is 113. The van der Waals surface area contributed by atoms with Gasteiger partial charge in [-0.15, -0.1) is 0 Å². The maximum atomic E-state index is 14.3. The van der Waals surface area contributed by atoms with Gasteiger partial charge in [-0.3, -0.25) is 4.79 Å². The van der Waals surface area contributed by atoms with Gasteiger partial charge in [-0.1, -0.05) is 30.3 Å². The number of amides is 1. The monoisotopic (exact) mass is 800 g/mol. The number of esters is 1. The molecule has 2 fully saturated rings. The van der Waals surface area contributed by atoms with Crippen LogP contribution in [0.4, 0.5) is 30.7 Å². The number of benzene rings is 3. The second kappa shape index (κ2) is 14.7. The van der Waals surface area contributed by atoms with E-state index in [1.165, 1.54) is 23.8 Å². The number of rotatable bonds is 9. The van der Waals surface area contributed by atoms with Crippen molar-refractivity contribution in [2.75, 3.05) is 46.1 Å². The molecule has 0 bridgehead atoms. The lowest BCUT2D eigenvalue weighted by atomic mass is 9.72. The van der Waals surface area contributed by atoms with Gasteiger partial charge >= 0.3 is 18.3 Å². The summed E-state index contributed by atoms with van der Waals surface area (Å²) in [4.78, 5) is 29.0. The van der Waals surface area contributed by atoms with Crippen LogP contribution >= 0.6 is 15.9 Å². The summed E-state index contributed by atoms with van der Waals surface area (Å²) >= 11 is 3.19. The van der Waals surface area contributed by atoms with E-state index < -0.39 is 59.1 Å². The summed E-state index contributed by atoms with van der Waals surface area (Å²) in [7, 11) is 0. The van der Waals surface area contributed by atoms with Crippen LogP contribution in [0.1, 0.15) is 64.4 Å². The third kappa shape index (κ3) is 7.73. The van der Waals surface area contributed by atoms with E-state index in [1.54, 1.807) is 6.92 Å². The van der Waals surface area contributed by atoms with Crippen LogP contribution in [0.5, 0.6) is 0 Å². The van der Waals surface area contributed by atoms with E-state index in [4.69, 9.17) is 14.2 Å². The number of halogens is 8. The zero-order valence-corrected chi connectivity index (χ0v) is 29.7. The van der Waals surface area contributed by atoms with Crippen molar-refractivity contribution in [3.05, 3.63) is 104 Å². The second-order valence-corrected chi connectivity index (χ2v) is 14.3. The predicted octanol–water partition coefficient (Wildman–Crippen LogP) is 7.88. The molecule has 2 saturated heterocycles. The molecule has 6 rings (SSSR count). The van der Waals surface area contributed by atoms with Gasteiger partial charge < -0.3 is 24.0 Å². The highest BCUT2D eigenvalue weighted by Gasteiger charge is 2.50. The highest BCUT2D eigenvalue weighted by Crippen LogP contribution is 2.48. The van der Waals surface area contributed by atoms with Gasteiger partial charge in [0.15, 0.2) is 0 Å². The first-order valence-corrected chi connectivity index (χ1v) is 17.6. The van der Waals surface area contributed by atoms with Crippen molar-refractivity contribution in [3.8, 4) is 0 Å². The zero-order valence-electron chi connectivity index (χ0n) is 28.1. The summed E-state index contributed by atoms with van der Waals surface area (Å²) in [5.74, 6) is -2.04. The number of likely N-dealkylation sites (tertiary alicyclic amines) is 1. The number of hydrogen-bond acceptors (Lipinski definition) is 6. The Morgan fingerprint density at radius 3 is 2.27 bits per heavy atom. The van der Waals surface area contributed by atoms with Crippen LogP contribution in [0.25, 0.3) is 0 Å². The molecule has 0 N–H and O–H groups in total. The Kier molecular flexibility index (Phi) is 10.8. The van der Waals surface area contributed by atoms with Crippen molar-refractivity contribution in [2.45, 2.75) is 62.1 Å². The molecule has 280 valence electrons. The highest BCUT2D eigenvalue weighted by atomic mass is 79.9. The Balaban J connectivity index is 1.21. The Morgan fingerprint density at radius 2 is 1.63 bits per heavy atom. The van der Waals surface area contributed by atoms with Crippen molar-refractivity contribution < 1.29 is 54.5 Å². The van der Waals surface area contributed by atoms with Crippen LogP contribution < -0.4 is 0 Å². The summed E-state index contributed by atoms with van der Waals surface area (Å²) in [6, 6.07) is 13.1. The summed E-state index contributed by atoms with van der Waals surface area (Å²) in [5, 5.41) is 0. The normalized spacial score (nSPS) is 21.8. The molecule has 1 aliphatic carbocycles. The van der Waals surface area contributed by atoms with Crippen LogP contribution in [0.2, 0.25) is 0 Å². The number of alkyl halides is 6. The molecule has 15 heteroatoms. The van der Waals surface area contributed by atoms with E-state index >= 15 is 0 Å². The van der Waals surface area contributed by atoms with E-state index in [1.807, 2.05) is 12.1 Å². The maximum absolute atomic E-state index is 14.3. The van der Waals surface area contributed by atoms with Crippen molar-refractivity contribution in [3.63, 3.8) is 0 Å². The summed E-state index contributed by atoms with van der Waals surface area (Å²) in [6.45, 7) is 2.95. The van der Waals surface area contributed by atoms with Crippen LogP contribution in [0.3, 0.4) is 0 Å². The van der Waals surface area contributed by atoms with E-state index in [0.717, 1.165) is 23.3 Å². The maximum Gasteiger partial charge on any atom is 0.416 e. The lowest BCUT2D eigenvalue weighted by molar-refractivity contribution is -0.152. The minimum absolute atomic E-state index is 0.0285. The van der Waals surface area contributed by atoms with E-state index in [2.05, 4.69) is 33.0 Å². The largest absolute Gasteiger partial charge is 0.464 e. The molecular weight excluding hydrogens is 765 g/mol.